The Balaban J connectivity index is 1.69. The molecule has 100 valence electrons. The average molecular weight is 284 g/mol. The molecule has 0 bridgehead atoms. The molecule has 0 atom stereocenters. The van der Waals surface area contributed by atoms with Gasteiger partial charge in [0.15, 0.2) is 5.76 Å². The molecule has 0 saturated heterocycles. The average Bonchev–Trinajstić information content (AvgIpc) is 2.95. The lowest BCUT2D eigenvalue weighted by molar-refractivity contribution is 0.466. The first kappa shape index (κ1) is 12.7. The van der Waals surface area contributed by atoms with Crippen molar-refractivity contribution in [2.24, 2.45) is 0 Å². The van der Waals surface area contributed by atoms with Crippen molar-refractivity contribution in [1.82, 2.24) is 15.0 Å². The van der Waals surface area contributed by atoms with Gasteiger partial charge >= 0.3 is 0 Å². The molecule has 2 aromatic heterocycles. The summed E-state index contributed by atoms with van der Waals surface area (Å²) in [7, 11) is 0. The van der Waals surface area contributed by atoms with E-state index in [9.17, 15) is 0 Å². The monoisotopic (exact) mass is 284 g/mol. The van der Waals surface area contributed by atoms with Crippen LogP contribution in [0.5, 0.6) is 0 Å². The number of nitrogens with two attached hydrogens (primary N) is 1. The molecule has 0 aliphatic rings. The zero-order valence-electron chi connectivity index (χ0n) is 10.6. The van der Waals surface area contributed by atoms with E-state index < -0.39 is 0 Å². The van der Waals surface area contributed by atoms with Crippen molar-refractivity contribution >= 4 is 17.6 Å². The van der Waals surface area contributed by atoms with Crippen LogP contribution in [0.3, 0.4) is 0 Å². The summed E-state index contributed by atoms with van der Waals surface area (Å²) >= 11 is 1.44. The fourth-order valence-corrected chi connectivity index (χ4v) is 2.34. The zero-order valence-corrected chi connectivity index (χ0v) is 11.4. The van der Waals surface area contributed by atoms with Gasteiger partial charge in [0.05, 0.1) is 11.9 Å². The fraction of sp³-hybridized carbons (Fsp3) is 0.0714. The number of aromatic nitrogens is 3. The van der Waals surface area contributed by atoms with Gasteiger partial charge in [-0.05, 0) is 6.07 Å². The molecule has 3 aromatic rings. The number of rotatable bonds is 4. The van der Waals surface area contributed by atoms with Gasteiger partial charge in [0.1, 0.15) is 11.6 Å². The second kappa shape index (κ2) is 5.75. The van der Waals surface area contributed by atoms with Crippen molar-refractivity contribution < 1.29 is 4.42 Å². The zero-order chi connectivity index (χ0) is 13.8. The Morgan fingerprint density at radius 3 is 2.75 bits per heavy atom. The first-order valence-electron chi connectivity index (χ1n) is 6.03. The summed E-state index contributed by atoms with van der Waals surface area (Å²) in [6.45, 7) is 0. The first-order chi connectivity index (χ1) is 9.81. The van der Waals surface area contributed by atoms with E-state index >= 15 is 0 Å². The number of oxazole rings is 1. The molecular weight excluding hydrogens is 272 g/mol. The fourth-order valence-electron chi connectivity index (χ4n) is 1.67. The maximum absolute atomic E-state index is 5.69. The minimum atomic E-state index is 0.466. The lowest BCUT2D eigenvalue weighted by Crippen LogP contribution is -1.96. The van der Waals surface area contributed by atoms with E-state index in [2.05, 4.69) is 15.0 Å². The predicted octanol–water partition coefficient (Wildman–Crippen LogP) is 3.01. The highest BCUT2D eigenvalue weighted by Crippen LogP contribution is 2.26. The van der Waals surface area contributed by atoms with Crippen molar-refractivity contribution in [2.45, 2.75) is 11.0 Å². The van der Waals surface area contributed by atoms with Crippen LogP contribution >= 0.6 is 11.8 Å². The predicted molar refractivity (Wildman–Crippen MR) is 77.9 cm³/mol. The van der Waals surface area contributed by atoms with Gasteiger partial charge < -0.3 is 10.2 Å². The van der Waals surface area contributed by atoms with Crippen LogP contribution < -0.4 is 5.73 Å². The highest BCUT2D eigenvalue weighted by Gasteiger charge is 2.07. The topological polar surface area (TPSA) is 77.8 Å². The third-order valence-corrected chi connectivity index (χ3v) is 3.43. The quantitative estimate of drug-likeness (QED) is 0.742. The number of nitrogen functional groups attached to an aromatic ring is 1. The molecule has 3 rings (SSSR count). The van der Waals surface area contributed by atoms with Crippen LogP contribution in [0.4, 0.5) is 5.82 Å². The number of benzene rings is 1. The molecule has 0 unspecified atom stereocenters. The van der Waals surface area contributed by atoms with Crippen molar-refractivity contribution in [3.8, 4) is 11.3 Å². The van der Waals surface area contributed by atoms with Gasteiger partial charge in [0.2, 0.25) is 0 Å². The van der Waals surface area contributed by atoms with Gasteiger partial charge in [-0.15, -0.1) is 0 Å². The molecule has 2 N–H and O–H groups in total. The number of hydrogen-bond acceptors (Lipinski definition) is 6. The maximum Gasteiger partial charge on any atom is 0.256 e. The van der Waals surface area contributed by atoms with E-state index in [1.807, 2.05) is 30.3 Å². The van der Waals surface area contributed by atoms with Crippen LogP contribution in [0.15, 0.2) is 58.4 Å². The molecule has 0 radical (unpaired) electrons. The molecule has 0 amide bonds. The summed E-state index contributed by atoms with van der Waals surface area (Å²) < 4.78 is 5.69. The lowest BCUT2D eigenvalue weighted by atomic mass is 10.2. The highest BCUT2D eigenvalue weighted by atomic mass is 32.2. The minimum absolute atomic E-state index is 0.466. The van der Waals surface area contributed by atoms with Crippen molar-refractivity contribution in [3.05, 3.63) is 54.6 Å². The standard InChI is InChI=1S/C14H12N4OS/c15-12-6-7-16-13(18-12)9-20-14-17-8-11(19-14)10-4-2-1-3-5-10/h1-8H,9H2,(H2,15,16,18). The van der Waals surface area contributed by atoms with Gasteiger partial charge in [-0.2, -0.15) is 0 Å². The molecule has 0 aliphatic heterocycles. The number of thioether (sulfide) groups is 1. The van der Waals surface area contributed by atoms with E-state index in [4.69, 9.17) is 10.2 Å². The van der Waals surface area contributed by atoms with E-state index in [1.54, 1.807) is 18.5 Å². The molecule has 20 heavy (non-hydrogen) atoms. The third kappa shape index (κ3) is 2.97. The summed E-state index contributed by atoms with van der Waals surface area (Å²) in [5, 5.41) is 0.592. The molecule has 6 heteroatoms. The highest BCUT2D eigenvalue weighted by molar-refractivity contribution is 7.98. The molecule has 0 aliphatic carbocycles. The number of nitrogens with zero attached hydrogens (tertiary/aromatic N) is 3. The van der Waals surface area contributed by atoms with Crippen LogP contribution in [-0.4, -0.2) is 15.0 Å². The number of anilines is 1. The summed E-state index contributed by atoms with van der Waals surface area (Å²) in [6.07, 6.45) is 3.36. The second-order valence-electron chi connectivity index (χ2n) is 4.04. The largest absolute Gasteiger partial charge is 0.431 e. The van der Waals surface area contributed by atoms with E-state index in [0.717, 1.165) is 11.3 Å². The first-order valence-corrected chi connectivity index (χ1v) is 7.01. The third-order valence-electron chi connectivity index (χ3n) is 2.59. The second-order valence-corrected chi connectivity index (χ2v) is 4.97. The molecule has 0 spiro atoms. The molecule has 0 fully saturated rings. The Morgan fingerprint density at radius 1 is 1.10 bits per heavy atom. The molecular formula is C14H12N4OS. The van der Waals surface area contributed by atoms with E-state index in [-0.39, 0.29) is 0 Å². The van der Waals surface area contributed by atoms with Crippen LogP contribution in [0, 0.1) is 0 Å². The van der Waals surface area contributed by atoms with E-state index in [0.29, 0.717) is 22.6 Å². The van der Waals surface area contributed by atoms with Crippen LogP contribution in [0.25, 0.3) is 11.3 Å². The minimum Gasteiger partial charge on any atom is -0.431 e. The summed E-state index contributed by atoms with van der Waals surface area (Å²) in [6, 6.07) is 11.5. The SMILES string of the molecule is Nc1ccnc(CSc2ncc(-c3ccccc3)o2)n1. The summed E-state index contributed by atoms with van der Waals surface area (Å²) in [4.78, 5) is 12.5. The van der Waals surface area contributed by atoms with Gasteiger partial charge in [-0.3, -0.25) is 0 Å². The maximum atomic E-state index is 5.69. The Morgan fingerprint density at radius 2 is 1.95 bits per heavy atom. The van der Waals surface area contributed by atoms with Gasteiger partial charge in [0, 0.05) is 11.8 Å². The van der Waals surface area contributed by atoms with Gasteiger partial charge in [0.25, 0.3) is 5.22 Å². The molecule has 5 nitrogen and oxygen atoms in total. The van der Waals surface area contributed by atoms with Gasteiger partial charge in [-0.25, -0.2) is 15.0 Å². The summed E-state index contributed by atoms with van der Waals surface area (Å²) in [5.74, 6) is 2.45. The molecule has 1 aromatic carbocycles. The van der Waals surface area contributed by atoms with Crippen LogP contribution in [0.1, 0.15) is 5.82 Å². The Bertz CT molecular complexity index is 699. The van der Waals surface area contributed by atoms with Crippen LogP contribution in [-0.2, 0) is 5.75 Å². The smallest absolute Gasteiger partial charge is 0.256 e. The summed E-state index contributed by atoms with van der Waals surface area (Å²) in [5.41, 5.74) is 6.61. The Labute approximate surface area is 120 Å². The lowest BCUT2D eigenvalue weighted by Gasteiger charge is -1.98. The molecule has 0 saturated carbocycles. The van der Waals surface area contributed by atoms with Crippen molar-refractivity contribution in [3.63, 3.8) is 0 Å². The normalized spacial score (nSPS) is 10.6. The number of hydrogen-bond donors (Lipinski definition) is 1. The van der Waals surface area contributed by atoms with Crippen molar-refractivity contribution in [1.29, 1.82) is 0 Å². The molecule has 2 heterocycles. The van der Waals surface area contributed by atoms with Crippen molar-refractivity contribution in [2.75, 3.05) is 5.73 Å². The Hall–Kier alpha value is -2.34. The van der Waals surface area contributed by atoms with Gasteiger partial charge in [-0.1, -0.05) is 42.1 Å². The van der Waals surface area contributed by atoms with E-state index in [1.165, 1.54) is 11.8 Å². The van der Waals surface area contributed by atoms with Crippen LogP contribution in [0.2, 0.25) is 0 Å². The Kier molecular flexibility index (Phi) is 3.64.